The first kappa shape index (κ1) is 14.8. The molecule has 0 saturated carbocycles. The van der Waals surface area contributed by atoms with Crippen molar-refractivity contribution in [1.29, 1.82) is 0 Å². The van der Waals surface area contributed by atoms with Crippen molar-refractivity contribution in [2.24, 2.45) is 5.10 Å². The Balaban J connectivity index is 2.32. The van der Waals surface area contributed by atoms with E-state index in [4.69, 9.17) is 9.47 Å². The van der Waals surface area contributed by atoms with Gasteiger partial charge < -0.3 is 9.47 Å². The van der Waals surface area contributed by atoms with Gasteiger partial charge in [0, 0.05) is 5.56 Å². The van der Waals surface area contributed by atoms with Crippen LogP contribution in [0.25, 0.3) is 10.8 Å². The second-order valence-corrected chi connectivity index (χ2v) is 4.22. The molecule has 0 saturated heterocycles. The van der Waals surface area contributed by atoms with Crippen molar-refractivity contribution in [3.05, 3.63) is 42.0 Å². The first-order valence-electron chi connectivity index (χ1n) is 6.86. The highest BCUT2D eigenvalue weighted by molar-refractivity contribution is 6.02. The Morgan fingerprint density at radius 1 is 1.19 bits per heavy atom. The van der Waals surface area contributed by atoms with Gasteiger partial charge >= 0.3 is 6.09 Å². The minimum Gasteiger partial charge on any atom is -0.493 e. The van der Waals surface area contributed by atoms with E-state index in [1.54, 1.807) is 13.1 Å². The fourth-order valence-corrected chi connectivity index (χ4v) is 2.00. The molecular weight excluding hydrogens is 268 g/mol. The molecule has 0 radical (unpaired) electrons. The summed E-state index contributed by atoms with van der Waals surface area (Å²) in [6, 6.07) is 11.8. The van der Waals surface area contributed by atoms with Gasteiger partial charge in [-0.3, -0.25) is 0 Å². The zero-order valence-corrected chi connectivity index (χ0v) is 12.1. The number of benzene rings is 2. The predicted octanol–water partition coefficient (Wildman–Crippen LogP) is 3.32. The third kappa shape index (κ3) is 3.72. The number of amides is 1. The van der Waals surface area contributed by atoms with Crippen LogP contribution in [0.4, 0.5) is 4.79 Å². The minimum atomic E-state index is -0.577. The molecule has 1 N–H and O–H groups in total. The largest absolute Gasteiger partial charge is 0.493 e. The molecule has 2 rings (SSSR count). The lowest BCUT2D eigenvalue weighted by atomic mass is 10.0. The van der Waals surface area contributed by atoms with E-state index in [0.29, 0.717) is 13.2 Å². The number of fused-ring (bicyclic) bond motifs is 1. The van der Waals surface area contributed by atoms with Gasteiger partial charge in [0.2, 0.25) is 0 Å². The lowest BCUT2D eigenvalue weighted by molar-refractivity contribution is 0.152. The molecule has 5 nitrogen and oxygen atoms in total. The van der Waals surface area contributed by atoms with Gasteiger partial charge in [-0.2, -0.15) is 5.10 Å². The summed E-state index contributed by atoms with van der Waals surface area (Å²) in [5.74, 6) is 0.727. The van der Waals surface area contributed by atoms with Gasteiger partial charge in [0.15, 0.2) is 0 Å². The summed E-state index contributed by atoms with van der Waals surface area (Å²) in [5.41, 5.74) is 3.14. The highest BCUT2D eigenvalue weighted by Crippen LogP contribution is 2.26. The van der Waals surface area contributed by atoms with Crippen molar-refractivity contribution in [2.45, 2.75) is 13.8 Å². The number of nitrogens with one attached hydrogen (secondary N) is 1. The standard InChI is InChI=1S/C16H18N2O3/c1-3-20-15-10-9-12-7-5-6-8-13(12)14(15)11-17-18-16(19)21-4-2/h5-11H,3-4H2,1-2H3,(H,18,19)/b17-11-. The number of hydrogen-bond donors (Lipinski definition) is 1. The quantitative estimate of drug-likeness (QED) is 0.677. The predicted molar refractivity (Wildman–Crippen MR) is 82.9 cm³/mol. The summed E-state index contributed by atoms with van der Waals surface area (Å²) in [7, 11) is 0. The minimum absolute atomic E-state index is 0.305. The van der Waals surface area contributed by atoms with Crippen LogP contribution in [0.2, 0.25) is 0 Å². The fraction of sp³-hybridized carbons (Fsp3) is 0.250. The van der Waals surface area contributed by atoms with Crippen LogP contribution >= 0.6 is 0 Å². The summed E-state index contributed by atoms with van der Waals surface area (Å²) in [4.78, 5) is 11.2. The number of hydrazone groups is 1. The second-order valence-electron chi connectivity index (χ2n) is 4.22. The summed E-state index contributed by atoms with van der Waals surface area (Å²) >= 11 is 0. The topological polar surface area (TPSA) is 59.9 Å². The summed E-state index contributed by atoms with van der Waals surface area (Å²) < 4.78 is 10.4. The third-order valence-electron chi connectivity index (χ3n) is 2.86. The van der Waals surface area contributed by atoms with Crippen LogP contribution in [0.3, 0.4) is 0 Å². The summed E-state index contributed by atoms with van der Waals surface area (Å²) in [5, 5.41) is 6.02. The number of carbonyl (C=O) groups is 1. The smallest absolute Gasteiger partial charge is 0.427 e. The van der Waals surface area contributed by atoms with E-state index in [9.17, 15) is 4.79 Å². The van der Waals surface area contributed by atoms with Crippen molar-refractivity contribution in [3.63, 3.8) is 0 Å². The third-order valence-corrected chi connectivity index (χ3v) is 2.86. The Kier molecular flexibility index (Phi) is 5.15. The summed E-state index contributed by atoms with van der Waals surface area (Å²) in [6.07, 6.45) is 0.997. The van der Waals surface area contributed by atoms with E-state index in [1.165, 1.54) is 0 Å². The number of carbonyl (C=O) groups excluding carboxylic acids is 1. The maximum absolute atomic E-state index is 11.2. The molecule has 2 aromatic rings. The molecule has 0 aromatic heterocycles. The van der Waals surface area contributed by atoms with Gasteiger partial charge in [0.1, 0.15) is 5.75 Å². The van der Waals surface area contributed by atoms with Crippen LogP contribution in [0.15, 0.2) is 41.5 Å². The molecule has 5 heteroatoms. The molecule has 21 heavy (non-hydrogen) atoms. The van der Waals surface area contributed by atoms with Gasteiger partial charge in [-0.25, -0.2) is 10.2 Å². The maximum atomic E-state index is 11.2. The van der Waals surface area contributed by atoms with Crippen molar-refractivity contribution >= 4 is 23.1 Å². The van der Waals surface area contributed by atoms with Crippen LogP contribution in [-0.2, 0) is 4.74 Å². The van der Waals surface area contributed by atoms with Gasteiger partial charge in [0.25, 0.3) is 0 Å². The van der Waals surface area contributed by atoms with Crippen molar-refractivity contribution in [2.75, 3.05) is 13.2 Å². The van der Waals surface area contributed by atoms with Crippen molar-refractivity contribution in [3.8, 4) is 5.75 Å². The van der Waals surface area contributed by atoms with E-state index in [1.807, 2.05) is 43.3 Å². The summed E-state index contributed by atoms with van der Waals surface area (Å²) in [6.45, 7) is 4.53. The van der Waals surface area contributed by atoms with Gasteiger partial charge in [-0.05, 0) is 30.7 Å². The molecule has 0 fully saturated rings. The molecule has 0 unspecified atom stereocenters. The SMILES string of the molecule is CCOC(=O)N/N=C\c1c(OCC)ccc2ccccc12. The molecule has 0 atom stereocenters. The molecule has 0 aliphatic heterocycles. The Bertz CT molecular complexity index is 653. The Hall–Kier alpha value is -2.56. The van der Waals surface area contributed by atoms with Crippen molar-refractivity contribution < 1.29 is 14.3 Å². The van der Waals surface area contributed by atoms with E-state index >= 15 is 0 Å². The van der Waals surface area contributed by atoms with Crippen molar-refractivity contribution in [1.82, 2.24) is 5.43 Å². The number of nitrogens with zero attached hydrogens (tertiary/aromatic N) is 1. The lowest BCUT2D eigenvalue weighted by Gasteiger charge is -2.10. The average Bonchev–Trinajstić information content (AvgIpc) is 2.49. The molecule has 1 amide bonds. The van der Waals surface area contributed by atoms with E-state index < -0.39 is 6.09 Å². The maximum Gasteiger partial charge on any atom is 0.427 e. The van der Waals surface area contributed by atoms with E-state index in [0.717, 1.165) is 22.1 Å². The molecule has 110 valence electrons. The Morgan fingerprint density at radius 3 is 2.76 bits per heavy atom. The molecule has 0 bridgehead atoms. The van der Waals surface area contributed by atoms with Crippen LogP contribution in [-0.4, -0.2) is 25.5 Å². The van der Waals surface area contributed by atoms with Crippen LogP contribution < -0.4 is 10.2 Å². The van der Waals surface area contributed by atoms with Gasteiger partial charge in [-0.1, -0.05) is 30.3 Å². The molecular formula is C16H18N2O3. The average molecular weight is 286 g/mol. The Labute approximate surface area is 123 Å². The van der Waals surface area contributed by atoms with Crippen LogP contribution in [0.5, 0.6) is 5.75 Å². The highest BCUT2D eigenvalue weighted by atomic mass is 16.5. The zero-order chi connectivity index (χ0) is 15.1. The number of hydrogen-bond acceptors (Lipinski definition) is 4. The van der Waals surface area contributed by atoms with Crippen LogP contribution in [0, 0.1) is 0 Å². The van der Waals surface area contributed by atoms with Crippen LogP contribution in [0.1, 0.15) is 19.4 Å². The second kappa shape index (κ2) is 7.28. The fourth-order valence-electron chi connectivity index (χ4n) is 2.00. The van der Waals surface area contributed by atoms with Gasteiger partial charge in [0.05, 0.1) is 19.4 Å². The molecule has 0 spiro atoms. The first-order chi connectivity index (χ1) is 10.3. The zero-order valence-electron chi connectivity index (χ0n) is 12.1. The monoisotopic (exact) mass is 286 g/mol. The highest BCUT2D eigenvalue weighted by Gasteiger charge is 2.06. The number of ether oxygens (including phenoxy) is 2. The molecule has 0 aliphatic carbocycles. The lowest BCUT2D eigenvalue weighted by Crippen LogP contribution is -2.18. The van der Waals surface area contributed by atoms with Gasteiger partial charge in [-0.15, -0.1) is 0 Å². The molecule has 0 heterocycles. The number of rotatable bonds is 5. The Morgan fingerprint density at radius 2 is 2.00 bits per heavy atom. The molecule has 0 aliphatic rings. The normalized spacial score (nSPS) is 10.8. The van der Waals surface area contributed by atoms with E-state index in [2.05, 4.69) is 10.5 Å². The molecule has 2 aromatic carbocycles. The first-order valence-corrected chi connectivity index (χ1v) is 6.86. The van der Waals surface area contributed by atoms with E-state index in [-0.39, 0.29) is 0 Å².